The fraction of sp³-hybridized carbons (Fsp3) is 0.500. The van der Waals surface area contributed by atoms with Crippen molar-refractivity contribution >= 4 is 5.97 Å². The zero-order valence-electron chi connectivity index (χ0n) is 12.9. The quantitative estimate of drug-likeness (QED) is 0.606. The number of hydrogen-bond donors (Lipinski definition) is 2. The molecule has 5 atom stereocenters. The number of carbonyl (C=O) groups is 1. The summed E-state index contributed by atoms with van der Waals surface area (Å²) in [7, 11) is 0. The lowest BCUT2D eigenvalue weighted by Gasteiger charge is -2.54. The predicted molar refractivity (Wildman–Crippen MR) is 82.5 cm³/mol. The first kappa shape index (κ1) is 13.4. The molecule has 0 radical (unpaired) electrons. The van der Waals surface area contributed by atoms with Crippen LogP contribution in [0.3, 0.4) is 0 Å². The van der Waals surface area contributed by atoms with E-state index in [4.69, 9.17) is 9.47 Å². The Balaban J connectivity index is 1.74. The van der Waals surface area contributed by atoms with E-state index in [1.165, 1.54) is 12.5 Å². The SMILES string of the molecule is CC(=O)O[C@H]1C=C[C@H]2[C@H]3Cc4ccc(O)c5c4[C@@]2(CCN3)[C@H]1O5. The van der Waals surface area contributed by atoms with Gasteiger partial charge in [-0.2, -0.15) is 0 Å². The van der Waals surface area contributed by atoms with E-state index in [0.717, 1.165) is 24.9 Å². The monoisotopic (exact) mass is 313 g/mol. The highest BCUT2D eigenvalue weighted by Crippen LogP contribution is 2.61. The molecule has 0 saturated carbocycles. The summed E-state index contributed by atoms with van der Waals surface area (Å²) < 4.78 is 11.7. The average molecular weight is 313 g/mol. The van der Waals surface area contributed by atoms with Crippen LogP contribution in [0.4, 0.5) is 0 Å². The summed E-state index contributed by atoms with van der Waals surface area (Å²) in [6.45, 7) is 2.34. The number of carbonyl (C=O) groups excluding carboxylic acids is 1. The summed E-state index contributed by atoms with van der Waals surface area (Å²) in [5.74, 6) is 0.784. The molecule has 2 N–H and O–H groups in total. The third-order valence-corrected chi connectivity index (χ3v) is 5.96. The van der Waals surface area contributed by atoms with Gasteiger partial charge in [-0.05, 0) is 37.1 Å². The third-order valence-electron chi connectivity index (χ3n) is 5.96. The van der Waals surface area contributed by atoms with Gasteiger partial charge in [-0.15, -0.1) is 0 Å². The van der Waals surface area contributed by atoms with Crippen LogP contribution >= 0.6 is 0 Å². The molecular weight excluding hydrogens is 294 g/mol. The van der Waals surface area contributed by atoms with Crippen molar-refractivity contribution in [3.05, 3.63) is 35.4 Å². The molecule has 1 fully saturated rings. The number of phenolic OH excluding ortho intramolecular Hbond substituents is 1. The Bertz CT molecular complexity index is 743. The van der Waals surface area contributed by atoms with Crippen molar-refractivity contribution in [2.75, 3.05) is 6.54 Å². The van der Waals surface area contributed by atoms with Crippen LogP contribution in [0.15, 0.2) is 24.3 Å². The van der Waals surface area contributed by atoms with Gasteiger partial charge < -0.3 is 19.9 Å². The highest BCUT2D eigenvalue weighted by molar-refractivity contribution is 5.67. The molecule has 1 aromatic carbocycles. The topological polar surface area (TPSA) is 67.8 Å². The first-order chi connectivity index (χ1) is 11.1. The van der Waals surface area contributed by atoms with Gasteiger partial charge in [0.25, 0.3) is 0 Å². The minimum Gasteiger partial charge on any atom is -0.504 e. The maximum absolute atomic E-state index is 11.5. The predicted octanol–water partition coefficient (Wildman–Crippen LogP) is 1.43. The normalized spacial score (nSPS) is 38.7. The molecule has 2 bridgehead atoms. The zero-order valence-corrected chi connectivity index (χ0v) is 12.9. The number of ether oxygens (including phenoxy) is 2. The van der Waals surface area contributed by atoms with Crippen LogP contribution in [-0.2, 0) is 21.4 Å². The third kappa shape index (κ3) is 1.53. The lowest BCUT2D eigenvalue weighted by atomic mass is 9.53. The van der Waals surface area contributed by atoms with Crippen molar-refractivity contribution in [1.82, 2.24) is 5.32 Å². The standard InChI is InChI=1S/C18H19NO4/c1-9(20)22-14-5-3-11-12-8-10-2-4-13(21)16-15(10)18(11,6-7-19-12)17(14)23-16/h2-5,11-12,14,17,19,21H,6-8H2,1H3/t11-,12+,14-,17-,18-/m0/s1. The fourth-order valence-corrected chi connectivity index (χ4v) is 5.25. The van der Waals surface area contributed by atoms with Crippen molar-refractivity contribution < 1.29 is 19.4 Å². The van der Waals surface area contributed by atoms with Gasteiger partial charge in [-0.1, -0.05) is 12.1 Å². The second-order valence-corrected chi connectivity index (χ2v) is 7.03. The Labute approximate surface area is 134 Å². The fourth-order valence-electron chi connectivity index (χ4n) is 5.25. The first-order valence-corrected chi connectivity index (χ1v) is 8.22. The number of piperidine rings is 1. The second kappa shape index (κ2) is 4.29. The second-order valence-electron chi connectivity index (χ2n) is 7.03. The molecule has 5 rings (SSSR count). The van der Waals surface area contributed by atoms with Crippen LogP contribution in [0.1, 0.15) is 24.5 Å². The Kier molecular flexibility index (Phi) is 2.51. The van der Waals surface area contributed by atoms with Gasteiger partial charge in [0.1, 0.15) is 6.10 Å². The molecule has 1 spiro atoms. The lowest BCUT2D eigenvalue weighted by Crippen LogP contribution is -2.65. The molecule has 23 heavy (non-hydrogen) atoms. The number of nitrogens with one attached hydrogen (secondary N) is 1. The molecule has 2 aliphatic heterocycles. The molecule has 0 unspecified atom stereocenters. The Hall–Kier alpha value is -2.01. The highest BCUT2D eigenvalue weighted by atomic mass is 16.6. The van der Waals surface area contributed by atoms with Gasteiger partial charge in [-0.3, -0.25) is 4.79 Å². The van der Waals surface area contributed by atoms with Crippen molar-refractivity contribution in [2.24, 2.45) is 5.92 Å². The largest absolute Gasteiger partial charge is 0.504 e. The Morgan fingerprint density at radius 2 is 2.30 bits per heavy atom. The molecular formula is C18H19NO4. The Morgan fingerprint density at radius 3 is 3.13 bits per heavy atom. The molecule has 120 valence electrons. The summed E-state index contributed by atoms with van der Waals surface area (Å²) >= 11 is 0. The molecule has 1 aromatic rings. The van der Waals surface area contributed by atoms with Gasteiger partial charge in [0.05, 0.1) is 0 Å². The number of phenols is 1. The number of hydrogen-bond acceptors (Lipinski definition) is 5. The minimum atomic E-state index is -0.403. The van der Waals surface area contributed by atoms with Crippen molar-refractivity contribution in [3.8, 4) is 11.5 Å². The van der Waals surface area contributed by atoms with Gasteiger partial charge in [0, 0.05) is 29.9 Å². The molecule has 2 aliphatic carbocycles. The summed E-state index contributed by atoms with van der Waals surface area (Å²) in [5, 5.41) is 13.9. The van der Waals surface area contributed by atoms with Crippen LogP contribution in [0, 0.1) is 5.92 Å². The summed E-state index contributed by atoms with van der Waals surface area (Å²) in [4.78, 5) is 11.5. The number of benzene rings is 1. The number of rotatable bonds is 1. The van der Waals surface area contributed by atoms with E-state index in [9.17, 15) is 9.90 Å². The first-order valence-electron chi connectivity index (χ1n) is 8.22. The highest BCUT2D eigenvalue weighted by Gasteiger charge is 2.64. The van der Waals surface area contributed by atoms with E-state index in [0.29, 0.717) is 17.7 Å². The molecule has 0 amide bonds. The van der Waals surface area contributed by atoms with Crippen molar-refractivity contribution in [2.45, 2.75) is 43.4 Å². The van der Waals surface area contributed by atoms with Crippen LogP contribution in [0.5, 0.6) is 11.5 Å². The van der Waals surface area contributed by atoms with Crippen LogP contribution in [-0.4, -0.2) is 35.9 Å². The zero-order chi connectivity index (χ0) is 15.8. The van der Waals surface area contributed by atoms with Crippen molar-refractivity contribution in [3.63, 3.8) is 0 Å². The van der Waals surface area contributed by atoms with Gasteiger partial charge in [-0.25, -0.2) is 0 Å². The maximum atomic E-state index is 11.5. The molecule has 0 aromatic heterocycles. The minimum absolute atomic E-state index is 0.185. The number of aromatic hydroxyl groups is 1. The molecule has 5 heteroatoms. The van der Waals surface area contributed by atoms with E-state index >= 15 is 0 Å². The molecule has 5 nitrogen and oxygen atoms in total. The maximum Gasteiger partial charge on any atom is 0.303 e. The van der Waals surface area contributed by atoms with Crippen LogP contribution in [0.2, 0.25) is 0 Å². The van der Waals surface area contributed by atoms with Crippen LogP contribution in [0.25, 0.3) is 0 Å². The molecule has 4 aliphatic rings. The smallest absolute Gasteiger partial charge is 0.303 e. The molecule has 2 heterocycles. The van der Waals surface area contributed by atoms with Gasteiger partial charge >= 0.3 is 5.97 Å². The van der Waals surface area contributed by atoms with E-state index in [2.05, 4.69) is 11.4 Å². The van der Waals surface area contributed by atoms with Crippen molar-refractivity contribution in [1.29, 1.82) is 0 Å². The summed E-state index contributed by atoms with van der Waals surface area (Å²) in [6.07, 6.45) is 5.35. The van der Waals surface area contributed by atoms with E-state index < -0.39 is 6.10 Å². The van der Waals surface area contributed by atoms with Gasteiger partial charge in [0.15, 0.2) is 17.6 Å². The molecule has 1 saturated heterocycles. The summed E-state index contributed by atoms with van der Waals surface area (Å²) in [5.41, 5.74) is 2.18. The van der Waals surface area contributed by atoms with E-state index in [1.54, 1.807) is 6.07 Å². The average Bonchev–Trinajstić information content (AvgIpc) is 2.85. The summed E-state index contributed by atoms with van der Waals surface area (Å²) in [6, 6.07) is 4.09. The van der Waals surface area contributed by atoms with E-state index in [-0.39, 0.29) is 23.2 Å². The van der Waals surface area contributed by atoms with Gasteiger partial charge in [0.2, 0.25) is 0 Å². The lowest BCUT2D eigenvalue weighted by molar-refractivity contribution is -0.151. The number of esters is 1. The van der Waals surface area contributed by atoms with Crippen LogP contribution < -0.4 is 10.1 Å². The van der Waals surface area contributed by atoms with E-state index in [1.807, 2.05) is 12.1 Å². The Morgan fingerprint density at radius 1 is 1.43 bits per heavy atom.